The van der Waals surface area contributed by atoms with Gasteiger partial charge in [0.05, 0.1) is 0 Å². The number of nitrogens with zero attached hydrogens (tertiary/aromatic N) is 2. The van der Waals surface area contributed by atoms with Crippen LogP contribution >= 0.6 is 0 Å². The Morgan fingerprint density at radius 2 is 1.77 bits per heavy atom. The molecule has 204 valence electrons. The highest BCUT2D eigenvalue weighted by molar-refractivity contribution is 6.06. The van der Waals surface area contributed by atoms with E-state index in [0.717, 1.165) is 29.4 Å². The molecule has 2 atom stereocenters. The van der Waals surface area contributed by atoms with E-state index in [1.165, 1.54) is 13.1 Å². The molecule has 6 rings (SSSR count). The lowest BCUT2D eigenvalue weighted by atomic mass is 9.94. The second-order valence-electron chi connectivity index (χ2n) is 10.7. The third-order valence-corrected chi connectivity index (χ3v) is 8.32. The first kappa shape index (κ1) is 25.3. The van der Waals surface area contributed by atoms with Crippen molar-refractivity contribution in [3.8, 4) is 0 Å². The Hall–Kier alpha value is -4.02. The van der Waals surface area contributed by atoms with Crippen molar-refractivity contribution in [3.05, 3.63) is 64.2 Å². The van der Waals surface area contributed by atoms with Gasteiger partial charge in [0, 0.05) is 37.3 Å². The van der Waals surface area contributed by atoms with Crippen LogP contribution in [0.4, 0.5) is 24.1 Å². The molecule has 0 radical (unpaired) electrons. The zero-order chi connectivity index (χ0) is 27.5. The summed E-state index contributed by atoms with van der Waals surface area (Å²) in [5.74, 6) is -2.64. The number of benzene rings is 2. The lowest BCUT2D eigenvalue weighted by Gasteiger charge is -2.31. The smallest absolute Gasteiger partial charge is 0.418 e. The molecule has 2 aliphatic carbocycles. The fraction of sp³-hybridized carbons (Fsp3) is 0.429. The number of amides is 5. The first-order valence-electron chi connectivity index (χ1n) is 13.1. The van der Waals surface area contributed by atoms with E-state index in [2.05, 4.69) is 10.6 Å². The molecule has 1 saturated carbocycles. The largest absolute Gasteiger partial charge is 0.427 e. The summed E-state index contributed by atoms with van der Waals surface area (Å²) in [7, 11) is 1.50. The maximum atomic E-state index is 14.0. The predicted octanol–water partition coefficient (Wildman–Crippen LogP) is 3.59. The first-order valence-corrected chi connectivity index (χ1v) is 13.1. The van der Waals surface area contributed by atoms with Gasteiger partial charge in [-0.1, -0.05) is 6.07 Å². The summed E-state index contributed by atoms with van der Waals surface area (Å²) < 4.78 is 33.6. The van der Waals surface area contributed by atoms with E-state index in [0.29, 0.717) is 41.6 Å². The third-order valence-electron chi connectivity index (χ3n) is 8.32. The van der Waals surface area contributed by atoms with Crippen LogP contribution in [0.1, 0.15) is 47.9 Å². The Morgan fingerprint density at radius 1 is 1.03 bits per heavy atom. The van der Waals surface area contributed by atoms with Crippen LogP contribution in [0.15, 0.2) is 30.3 Å². The van der Waals surface area contributed by atoms with Crippen molar-refractivity contribution < 1.29 is 32.7 Å². The average molecular weight is 539 g/mol. The van der Waals surface area contributed by atoms with Crippen LogP contribution in [-0.4, -0.2) is 53.4 Å². The van der Waals surface area contributed by atoms with Crippen molar-refractivity contribution in [2.75, 3.05) is 18.9 Å². The van der Waals surface area contributed by atoms with Crippen molar-refractivity contribution in [2.24, 2.45) is 5.92 Å². The van der Waals surface area contributed by atoms with E-state index < -0.39 is 41.7 Å². The number of aryl methyl sites for hydroxylation is 2. The highest BCUT2D eigenvalue weighted by Gasteiger charge is 2.58. The summed E-state index contributed by atoms with van der Waals surface area (Å²) in [6.07, 6.45) is 2.81. The third kappa shape index (κ3) is 4.29. The fourth-order valence-electron chi connectivity index (χ4n) is 6.16. The number of fused-ring (bicyclic) bond motifs is 3. The summed E-state index contributed by atoms with van der Waals surface area (Å²) in [6.45, 7) is -0.411. The number of rotatable bonds is 4. The Bertz CT molecular complexity index is 1410. The molecule has 1 spiro atoms. The van der Waals surface area contributed by atoms with Crippen molar-refractivity contribution in [3.63, 3.8) is 0 Å². The van der Waals surface area contributed by atoms with Gasteiger partial charge in [0.25, 0.3) is 5.91 Å². The maximum Gasteiger partial charge on any atom is 0.418 e. The number of hydrogen-bond donors (Lipinski definition) is 2. The van der Waals surface area contributed by atoms with E-state index in [-0.39, 0.29) is 31.0 Å². The van der Waals surface area contributed by atoms with Gasteiger partial charge in [0.1, 0.15) is 6.54 Å². The molecule has 2 heterocycles. The summed E-state index contributed by atoms with van der Waals surface area (Å²) in [6, 6.07) is 6.83. The van der Waals surface area contributed by atoms with Gasteiger partial charge in [-0.3, -0.25) is 9.59 Å². The summed E-state index contributed by atoms with van der Waals surface area (Å²) in [5, 5.41) is 5.15. The van der Waals surface area contributed by atoms with Gasteiger partial charge in [0.15, 0.2) is 11.6 Å². The van der Waals surface area contributed by atoms with Crippen molar-refractivity contribution >= 4 is 29.6 Å². The van der Waals surface area contributed by atoms with Crippen LogP contribution in [0.5, 0.6) is 0 Å². The number of urea groups is 1. The lowest BCUT2D eigenvalue weighted by Crippen LogP contribution is -2.48. The predicted molar refractivity (Wildman–Crippen MR) is 134 cm³/mol. The van der Waals surface area contributed by atoms with E-state index in [4.69, 9.17) is 4.74 Å². The highest BCUT2D eigenvalue weighted by Crippen LogP contribution is 2.46. The number of anilines is 1. The van der Waals surface area contributed by atoms with Crippen LogP contribution < -0.4 is 10.6 Å². The van der Waals surface area contributed by atoms with E-state index in [9.17, 15) is 28.0 Å². The number of carbonyl (C=O) groups excluding carboxylic acids is 4. The van der Waals surface area contributed by atoms with Crippen molar-refractivity contribution in [1.29, 1.82) is 0 Å². The number of ether oxygens (including phenoxy) is 1. The molecule has 9 nitrogen and oxygen atoms in total. The van der Waals surface area contributed by atoms with Gasteiger partial charge in [-0.15, -0.1) is 0 Å². The second-order valence-corrected chi connectivity index (χ2v) is 10.7. The SMILES string of the molecule is CNC(=O)Nc1ccc2c(c1)CC[C@@]21OC(=O)N(CC(=O)N2Cc3cc(F)c(F)cc3CCC2C2CC2)C1=O. The lowest BCUT2D eigenvalue weighted by molar-refractivity contribution is -0.143. The van der Waals surface area contributed by atoms with Gasteiger partial charge in [-0.2, -0.15) is 0 Å². The van der Waals surface area contributed by atoms with Crippen molar-refractivity contribution in [2.45, 2.75) is 56.7 Å². The van der Waals surface area contributed by atoms with Gasteiger partial charge >= 0.3 is 12.1 Å². The topological polar surface area (TPSA) is 108 Å². The quantitative estimate of drug-likeness (QED) is 0.619. The Kier molecular flexibility index (Phi) is 6.04. The van der Waals surface area contributed by atoms with Crippen LogP contribution in [0.2, 0.25) is 0 Å². The summed E-state index contributed by atoms with van der Waals surface area (Å²) in [5.41, 5.74) is 1.53. The summed E-state index contributed by atoms with van der Waals surface area (Å²) in [4.78, 5) is 54.4. The average Bonchev–Trinajstić information content (AvgIpc) is 3.68. The van der Waals surface area contributed by atoms with Gasteiger partial charge in [0.2, 0.25) is 11.5 Å². The monoisotopic (exact) mass is 538 g/mol. The summed E-state index contributed by atoms with van der Waals surface area (Å²) >= 11 is 0. The number of imide groups is 1. The van der Waals surface area contributed by atoms with E-state index in [1.807, 2.05) is 0 Å². The standard InChI is InChI=1S/C28H28F2N4O5/c1-31-26(37)32-19-5-6-20-17(10-19)8-9-28(20)25(36)34(27(38)39-28)14-24(35)33-13-18-12-22(30)21(29)11-16(18)4-7-23(33)15-2-3-15/h5-6,10-12,15,23H,2-4,7-9,13-14H2,1H3,(H2,31,32,37)/t23?,28-/m1/s1. The molecular weight excluding hydrogens is 510 g/mol. The number of halogens is 2. The minimum atomic E-state index is -1.51. The molecule has 2 aliphatic heterocycles. The number of carbonyl (C=O) groups is 4. The van der Waals surface area contributed by atoms with Gasteiger partial charge in [-0.25, -0.2) is 23.3 Å². The normalized spacial score (nSPS) is 23.8. The van der Waals surface area contributed by atoms with Crippen molar-refractivity contribution in [1.82, 2.24) is 15.1 Å². The number of nitrogens with one attached hydrogen (secondary N) is 2. The fourth-order valence-corrected chi connectivity index (χ4v) is 6.16. The number of hydrogen-bond acceptors (Lipinski definition) is 5. The molecule has 1 saturated heterocycles. The molecule has 4 aliphatic rings. The van der Waals surface area contributed by atoms with E-state index in [1.54, 1.807) is 23.1 Å². The van der Waals surface area contributed by atoms with Crippen LogP contribution in [0.3, 0.4) is 0 Å². The molecule has 0 bridgehead atoms. The zero-order valence-corrected chi connectivity index (χ0v) is 21.4. The first-order chi connectivity index (χ1) is 18.7. The molecular formula is C28H28F2N4O5. The van der Waals surface area contributed by atoms with Crippen LogP contribution in [-0.2, 0) is 39.3 Å². The molecule has 2 aromatic rings. The molecule has 5 amide bonds. The Morgan fingerprint density at radius 3 is 2.49 bits per heavy atom. The van der Waals surface area contributed by atoms with Gasteiger partial charge < -0.3 is 20.3 Å². The molecule has 1 unspecified atom stereocenters. The minimum absolute atomic E-state index is 0.0820. The molecule has 0 aromatic heterocycles. The zero-order valence-electron chi connectivity index (χ0n) is 21.4. The molecule has 2 N–H and O–H groups in total. The highest BCUT2D eigenvalue weighted by atomic mass is 19.2. The Balaban J connectivity index is 1.23. The van der Waals surface area contributed by atoms with E-state index >= 15 is 0 Å². The maximum absolute atomic E-state index is 14.0. The molecule has 11 heteroatoms. The van der Waals surface area contributed by atoms with Gasteiger partial charge in [-0.05, 0) is 79.0 Å². The Labute approximate surface area is 223 Å². The molecule has 2 fully saturated rings. The molecule has 39 heavy (non-hydrogen) atoms. The van der Waals surface area contributed by atoms with Crippen LogP contribution in [0, 0.1) is 17.6 Å². The van der Waals surface area contributed by atoms with Crippen LogP contribution in [0.25, 0.3) is 0 Å². The second kappa shape index (κ2) is 9.32. The molecule has 2 aromatic carbocycles. The minimum Gasteiger partial charge on any atom is -0.427 e.